The Labute approximate surface area is 120 Å². The van der Waals surface area contributed by atoms with Gasteiger partial charge in [-0.05, 0) is 49.2 Å². The number of anilines is 1. The van der Waals surface area contributed by atoms with Crippen LogP contribution in [0, 0.1) is 12.7 Å². The minimum Gasteiger partial charge on any atom is -0.370 e. The Morgan fingerprint density at radius 2 is 1.95 bits per heavy atom. The fourth-order valence-corrected chi connectivity index (χ4v) is 2.45. The number of aryl methyl sites for hydroxylation is 1. The van der Waals surface area contributed by atoms with Gasteiger partial charge in [0.05, 0.1) is 0 Å². The van der Waals surface area contributed by atoms with E-state index in [1.807, 2.05) is 13.1 Å². The molecule has 0 bridgehead atoms. The molecule has 0 heterocycles. The number of nitrogens with two attached hydrogens (primary N) is 1. The summed E-state index contributed by atoms with van der Waals surface area (Å²) in [7, 11) is 2.02. The Morgan fingerprint density at radius 3 is 2.65 bits per heavy atom. The van der Waals surface area contributed by atoms with Crippen molar-refractivity contribution in [1.82, 2.24) is 0 Å². The van der Waals surface area contributed by atoms with Gasteiger partial charge in [-0.1, -0.05) is 29.8 Å². The molecule has 0 aliphatic heterocycles. The first-order valence-electron chi connectivity index (χ1n) is 6.85. The van der Waals surface area contributed by atoms with E-state index in [1.54, 1.807) is 6.07 Å². The van der Waals surface area contributed by atoms with Crippen LogP contribution >= 0.6 is 0 Å². The fourth-order valence-electron chi connectivity index (χ4n) is 2.45. The Kier molecular flexibility index (Phi) is 4.74. The highest BCUT2D eigenvalue weighted by Crippen LogP contribution is 2.23. The lowest BCUT2D eigenvalue weighted by Gasteiger charge is -2.23. The molecule has 0 aliphatic carbocycles. The summed E-state index contributed by atoms with van der Waals surface area (Å²) in [5.41, 5.74) is 10.1. The van der Waals surface area contributed by atoms with E-state index in [9.17, 15) is 4.39 Å². The largest absolute Gasteiger partial charge is 0.370 e. The van der Waals surface area contributed by atoms with E-state index >= 15 is 0 Å². The summed E-state index contributed by atoms with van der Waals surface area (Å²) in [6, 6.07) is 13.3. The lowest BCUT2D eigenvalue weighted by atomic mass is 10.1. The minimum absolute atomic E-state index is 0.207. The molecule has 0 unspecified atom stereocenters. The number of nitrogens with zero attached hydrogens (tertiary/aromatic N) is 1. The summed E-state index contributed by atoms with van der Waals surface area (Å²) >= 11 is 0. The van der Waals surface area contributed by atoms with Crippen LogP contribution < -0.4 is 10.6 Å². The van der Waals surface area contributed by atoms with Gasteiger partial charge in [0.1, 0.15) is 5.82 Å². The predicted molar refractivity (Wildman–Crippen MR) is 82.4 cm³/mol. The van der Waals surface area contributed by atoms with E-state index < -0.39 is 0 Å². The van der Waals surface area contributed by atoms with Gasteiger partial charge in [-0.15, -0.1) is 0 Å². The van der Waals surface area contributed by atoms with Crippen molar-refractivity contribution in [3.05, 3.63) is 65.0 Å². The summed E-state index contributed by atoms with van der Waals surface area (Å²) in [4.78, 5) is 2.14. The molecule has 2 aromatic carbocycles. The number of hydrogen-bond donors (Lipinski definition) is 1. The van der Waals surface area contributed by atoms with Gasteiger partial charge in [0, 0.05) is 19.3 Å². The van der Waals surface area contributed by atoms with Crippen LogP contribution in [0.15, 0.2) is 42.5 Å². The van der Waals surface area contributed by atoms with Crippen LogP contribution in [0.3, 0.4) is 0 Å². The monoisotopic (exact) mass is 272 g/mol. The Hall–Kier alpha value is -1.87. The Bertz CT molecular complexity index is 581. The number of halogens is 1. The summed E-state index contributed by atoms with van der Waals surface area (Å²) < 4.78 is 13.4. The molecule has 106 valence electrons. The maximum absolute atomic E-state index is 13.4. The van der Waals surface area contributed by atoms with Crippen molar-refractivity contribution in [2.24, 2.45) is 5.73 Å². The average Bonchev–Trinajstić information content (AvgIpc) is 2.39. The van der Waals surface area contributed by atoms with Crippen LogP contribution in [0.2, 0.25) is 0 Å². The summed E-state index contributed by atoms with van der Waals surface area (Å²) in [5, 5.41) is 0. The molecule has 3 heteroatoms. The molecule has 2 aromatic rings. The molecular formula is C17H21FN2. The Morgan fingerprint density at radius 1 is 1.15 bits per heavy atom. The summed E-state index contributed by atoms with van der Waals surface area (Å²) in [5.74, 6) is -0.207. The zero-order valence-electron chi connectivity index (χ0n) is 12.1. The normalized spacial score (nSPS) is 10.6. The van der Waals surface area contributed by atoms with Crippen molar-refractivity contribution in [3.8, 4) is 0 Å². The minimum atomic E-state index is -0.207. The van der Waals surface area contributed by atoms with Crippen molar-refractivity contribution in [3.63, 3.8) is 0 Å². The molecule has 2 rings (SSSR count). The SMILES string of the molecule is Cc1cccc(CN(C)c2ccc(F)cc2CCN)c1. The molecule has 0 amide bonds. The molecule has 2 nitrogen and oxygen atoms in total. The lowest BCUT2D eigenvalue weighted by Crippen LogP contribution is -2.19. The second kappa shape index (κ2) is 6.53. The van der Waals surface area contributed by atoms with Crippen molar-refractivity contribution < 1.29 is 4.39 Å². The lowest BCUT2D eigenvalue weighted by molar-refractivity contribution is 0.625. The van der Waals surface area contributed by atoms with Gasteiger partial charge in [-0.25, -0.2) is 4.39 Å². The molecule has 20 heavy (non-hydrogen) atoms. The van der Waals surface area contributed by atoms with E-state index in [-0.39, 0.29) is 5.82 Å². The third kappa shape index (κ3) is 3.58. The second-order valence-electron chi connectivity index (χ2n) is 5.16. The van der Waals surface area contributed by atoms with Crippen LogP contribution in [0.5, 0.6) is 0 Å². The molecule has 0 spiro atoms. The van der Waals surface area contributed by atoms with Crippen LogP contribution in [-0.2, 0) is 13.0 Å². The highest BCUT2D eigenvalue weighted by atomic mass is 19.1. The quantitative estimate of drug-likeness (QED) is 0.905. The van der Waals surface area contributed by atoms with Crippen LogP contribution in [0.4, 0.5) is 10.1 Å². The molecular weight excluding hydrogens is 251 g/mol. The van der Waals surface area contributed by atoms with E-state index in [0.717, 1.165) is 17.8 Å². The van der Waals surface area contributed by atoms with Crippen LogP contribution in [0.25, 0.3) is 0 Å². The third-order valence-corrected chi connectivity index (χ3v) is 3.37. The maximum Gasteiger partial charge on any atom is 0.123 e. The van der Waals surface area contributed by atoms with Gasteiger partial charge in [-0.3, -0.25) is 0 Å². The van der Waals surface area contributed by atoms with Gasteiger partial charge in [0.25, 0.3) is 0 Å². The van der Waals surface area contributed by atoms with E-state index in [1.165, 1.54) is 17.2 Å². The predicted octanol–water partition coefficient (Wildman–Crippen LogP) is 3.27. The van der Waals surface area contributed by atoms with Crippen molar-refractivity contribution in [2.45, 2.75) is 19.9 Å². The van der Waals surface area contributed by atoms with Gasteiger partial charge in [-0.2, -0.15) is 0 Å². The van der Waals surface area contributed by atoms with Crippen LogP contribution in [0.1, 0.15) is 16.7 Å². The molecule has 0 radical (unpaired) electrons. The zero-order valence-corrected chi connectivity index (χ0v) is 12.1. The first-order valence-corrected chi connectivity index (χ1v) is 6.85. The highest BCUT2D eigenvalue weighted by Gasteiger charge is 2.09. The number of benzene rings is 2. The van der Waals surface area contributed by atoms with Crippen molar-refractivity contribution in [2.75, 3.05) is 18.5 Å². The molecule has 0 aromatic heterocycles. The van der Waals surface area contributed by atoms with E-state index in [4.69, 9.17) is 5.73 Å². The summed E-state index contributed by atoms with van der Waals surface area (Å²) in [6.45, 7) is 3.40. The average molecular weight is 272 g/mol. The molecule has 2 N–H and O–H groups in total. The first kappa shape index (κ1) is 14.5. The van der Waals surface area contributed by atoms with Gasteiger partial charge in [0.2, 0.25) is 0 Å². The highest BCUT2D eigenvalue weighted by molar-refractivity contribution is 5.54. The van der Waals surface area contributed by atoms with Gasteiger partial charge < -0.3 is 10.6 Å². The Balaban J connectivity index is 2.22. The molecule has 0 aliphatic rings. The molecule has 0 atom stereocenters. The van der Waals surface area contributed by atoms with Crippen molar-refractivity contribution >= 4 is 5.69 Å². The second-order valence-corrected chi connectivity index (χ2v) is 5.16. The third-order valence-electron chi connectivity index (χ3n) is 3.37. The zero-order chi connectivity index (χ0) is 14.5. The molecule has 0 saturated carbocycles. The van der Waals surface area contributed by atoms with Crippen molar-refractivity contribution in [1.29, 1.82) is 0 Å². The smallest absolute Gasteiger partial charge is 0.123 e. The summed E-state index contributed by atoms with van der Waals surface area (Å²) in [6.07, 6.45) is 0.686. The number of hydrogen-bond acceptors (Lipinski definition) is 2. The number of rotatable bonds is 5. The van der Waals surface area contributed by atoms with Crippen LogP contribution in [-0.4, -0.2) is 13.6 Å². The van der Waals surface area contributed by atoms with Gasteiger partial charge in [0.15, 0.2) is 0 Å². The topological polar surface area (TPSA) is 29.3 Å². The van der Waals surface area contributed by atoms with Gasteiger partial charge >= 0.3 is 0 Å². The molecule has 0 fully saturated rings. The fraction of sp³-hybridized carbons (Fsp3) is 0.294. The van der Waals surface area contributed by atoms with E-state index in [2.05, 4.69) is 36.1 Å². The van der Waals surface area contributed by atoms with E-state index in [0.29, 0.717) is 13.0 Å². The maximum atomic E-state index is 13.4. The molecule has 0 saturated heterocycles. The first-order chi connectivity index (χ1) is 9.60. The standard InChI is InChI=1S/C17H21FN2/c1-13-4-3-5-14(10-13)12-20(2)17-7-6-16(18)11-15(17)8-9-19/h3-7,10-11H,8-9,12,19H2,1-2H3.